The van der Waals surface area contributed by atoms with Gasteiger partial charge >= 0.3 is 0 Å². The maximum atomic E-state index is 12.8. The number of nitrogens with one attached hydrogen (secondary N) is 2. The van der Waals surface area contributed by atoms with Crippen LogP contribution in [0.25, 0.3) is 0 Å². The van der Waals surface area contributed by atoms with Crippen LogP contribution in [0, 0.1) is 5.41 Å². The van der Waals surface area contributed by atoms with E-state index in [0.29, 0.717) is 36.3 Å². The van der Waals surface area contributed by atoms with Crippen LogP contribution in [0.5, 0.6) is 17.2 Å². The molecular formula is C21H34N4O4. The lowest BCUT2D eigenvalue weighted by Gasteiger charge is -2.31. The Kier molecular flexibility index (Phi) is 7.99. The van der Waals surface area contributed by atoms with Crippen LogP contribution in [0.1, 0.15) is 31.2 Å². The van der Waals surface area contributed by atoms with Crippen LogP contribution in [-0.2, 0) is 11.3 Å². The first kappa shape index (κ1) is 22.6. The average molecular weight is 407 g/mol. The highest BCUT2D eigenvalue weighted by molar-refractivity contribution is 5.85. The topological polar surface area (TPSA) is 84.4 Å². The second kappa shape index (κ2) is 10.2. The van der Waals surface area contributed by atoms with Gasteiger partial charge in [0.25, 0.3) is 0 Å². The van der Waals surface area contributed by atoms with E-state index in [4.69, 9.17) is 14.2 Å². The van der Waals surface area contributed by atoms with Crippen LogP contribution in [0.2, 0.25) is 0 Å². The highest BCUT2D eigenvalue weighted by Crippen LogP contribution is 2.39. The van der Waals surface area contributed by atoms with E-state index >= 15 is 0 Å². The van der Waals surface area contributed by atoms with Gasteiger partial charge in [0.05, 0.1) is 38.9 Å². The van der Waals surface area contributed by atoms with E-state index in [-0.39, 0.29) is 11.3 Å². The number of carbonyl (C=O) groups excluding carboxylic acids is 1. The zero-order valence-electron chi connectivity index (χ0n) is 18.4. The Morgan fingerprint density at radius 2 is 1.66 bits per heavy atom. The van der Waals surface area contributed by atoms with Gasteiger partial charge in [-0.15, -0.1) is 0 Å². The molecule has 0 spiro atoms. The van der Waals surface area contributed by atoms with E-state index < -0.39 is 0 Å². The molecule has 1 aromatic rings. The minimum Gasteiger partial charge on any atom is -0.496 e. The molecular weight excluding hydrogens is 372 g/mol. The Bertz CT molecular complexity index is 702. The quantitative estimate of drug-likeness (QED) is 0.508. The van der Waals surface area contributed by atoms with Gasteiger partial charge in [0, 0.05) is 39.8 Å². The first-order valence-corrected chi connectivity index (χ1v) is 9.86. The van der Waals surface area contributed by atoms with Gasteiger partial charge in [-0.2, -0.15) is 0 Å². The number of guanidine groups is 1. The lowest BCUT2D eigenvalue weighted by atomic mass is 9.84. The monoisotopic (exact) mass is 406 g/mol. The van der Waals surface area contributed by atoms with Crippen molar-refractivity contribution >= 4 is 11.9 Å². The Labute approximate surface area is 173 Å². The normalized spacial score (nSPS) is 15.6. The first-order chi connectivity index (χ1) is 13.9. The molecule has 1 fully saturated rings. The van der Waals surface area contributed by atoms with Crippen molar-refractivity contribution in [1.82, 2.24) is 15.5 Å². The van der Waals surface area contributed by atoms with Crippen molar-refractivity contribution in [1.29, 1.82) is 0 Å². The molecule has 2 N–H and O–H groups in total. The molecule has 0 aliphatic heterocycles. The molecule has 0 bridgehead atoms. The molecule has 1 saturated carbocycles. The predicted octanol–water partition coefficient (Wildman–Crippen LogP) is 2.03. The molecule has 2 rings (SSSR count). The molecule has 1 amide bonds. The molecule has 0 atom stereocenters. The maximum Gasteiger partial charge on any atom is 0.230 e. The summed E-state index contributed by atoms with van der Waals surface area (Å²) in [5, 5.41) is 6.64. The summed E-state index contributed by atoms with van der Waals surface area (Å²) >= 11 is 0. The zero-order valence-corrected chi connectivity index (χ0v) is 18.4. The number of benzene rings is 1. The van der Waals surface area contributed by atoms with E-state index in [2.05, 4.69) is 15.6 Å². The molecule has 162 valence electrons. The number of hydrogen-bond acceptors (Lipinski definition) is 5. The summed E-state index contributed by atoms with van der Waals surface area (Å²) in [7, 11) is 10.2. The SMILES string of the molecule is CN=C(NCc1c(OC)cc(OC)cc1OC)NCC1(C(=O)N(C)C)CCCC1. The Hall–Kier alpha value is -2.64. The summed E-state index contributed by atoms with van der Waals surface area (Å²) < 4.78 is 16.3. The van der Waals surface area contributed by atoms with Gasteiger partial charge in [-0.1, -0.05) is 12.8 Å². The zero-order chi connectivity index (χ0) is 21.4. The number of methoxy groups -OCH3 is 3. The van der Waals surface area contributed by atoms with E-state index in [1.807, 2.05) is 26.2 Å². The second-order valence-electron chi connectivity index (χ2n) is 7.48. The van der Waals surface area contributed by atoms with Crippen LogP contribution >= 0.6 is 0 Å². The fourth-order valence-corrected chi connectivity index (χ4v) is 3.89. The van der Waals surface area contributed by atoms with Crippen molar-refractivity contribution in [2.45, 2.75) is 32.2 Å². The lowest BCUT2D eigenvalue weighted by Crippen LogP contribution is -2.49. The third kappa shape index (κ3) is 5.25. The maximum absolute atomic E-state index is 12.8. The van der Waals surface area contributed by atoms with Gasteiger partial charge < -0.3 is 29.7 Å². The van der Waals surface area contributed by atoms with Crippen LogP contribution < -0.4 is 24.8 Å². The van der Waals surface area contributed by atoms with Gasteiger partial charge in [0.2, 0.25) is 5.91 Å². The van der Waals surface area contributed by atoms with Gasteiger partial charge in [-0.3, -0.25) is 9.79 Å². The van der Waals surface area contributed by atoms with E-state index in [0.717, 1.165) is 31.2 Å². The molecule has 0 heterocycles. The summed E-state index contributed by atoms with van der Waals surface area (Å²) in [4.78, 5) is 18.8. The minimum absolute atomic E-state index is 0.177. The van der Waals surface area contributed by atoms with E-state index in [9.17, 15) is 4.79 Å². The van der Waals surface area contributed by atoms with Crippen LogP contribution in [0.4, 0.5) is 0 Å². The van der Waals surface area contributed by atoms with Gasteiger partial charge in [-0.05, 0) is 12.8 Å². The number of rotatable bonds is 8. The molecule has 1 aromatic carbocycles. The number of nitrogens with zero attached hydrogens (tertiary/aromatic N) is 2. The number of amides is 1. The van der Waals surface area contributed by atoms with Crippen LogP contribution in [0.3, 0.4) is 0 Å². The van der Waals surface area contributed by atoms with Gasteiger partial charge in [0.1, 0.15) is 17.2 Å². The largest absolute Gasteiger partial charge is 0.496 e. The van der Waals surface area contributed by atoms with Crippen molar-refractivity contribution < 1.29 is 19.0 Å². The fourth-order valence-electron chi connectivity index (χ4n) is 3.89. The van der Waals surface area contributed by atoms with Crippen molar-refractivity contribution in [3.8, 4) is 17.2 Å². The molecule has 0 saturated heterocycles. The number of hydrogen-bond donors (Lipinski definition) is 2. The molecule has 1 aliphatic rings. The van der Waals surface area contributed by atoms with Crippen molar-refractivity contribution in [3.05, 3.63) is 17.7 Å². The van der Waals surface area contributed by atoms with Crippen LogP contribution in [0.15, 0.2) is 17.1 Å². The molecule has 29 heavy (non-hydrogen) atoms. The van der Waals surface area contributed by atoms with Crippen molar-refractivity contribution in [2.75, 3.05) is 49.0 Å². The molecule has 1 aliphatic carbocycles. The van der Waals surface area contributed by atoms with Crippen molar-refractivity contribution in [2.24, 2.45) is 10.4 Å². The molecule has 8 heteroatoms. The lowest BCUT2D eigenvalue weighted by molar-refractivity contribution is -0.138. The van der Waals surface area contributed by atoms with E-state index in [1.54, 1.807) is 33.3 Å². The summed E-state index contributed by atoms with van der Waals surface area (Å²) in [5.74, 6) is 2.80. The fraction of sp³-hybridized carbons (Fsp3) is 0.619. The molecule has 0 unspecified atom stereocenters. The highest BCUT2D eigenvalue weighted by atomic mass is 16.5. The number of aliphatic imine (C=N–C) groups is 1. The van der Waals surface area contributed by atoms with E-state index in [1.165, 1.54) is 0 Å². The second-order valence-corrected chi connectivity index (χ2v) is 7.48. The average Bonchev–Trinajstić information content (AvgIpc) is 3.22. The Balaban J connectivity index is 2.09. The summed E-state index contributed by atoms with van der Waals surface area (Å²) in [6, 6.07) is 3.64. The van der Waals surface area contributed by atoms with Crippen LogP contribution in [-0.4, -0.2) is 65.8 Å². The van der Waals surface area contributed by atoms with Gasteiger partial charge in [0.15, 0.2) is 5.96 Å². The molecule has 0 radical (unpaired) electrons. The Morgan fingerprint density at radius 3 is 2.10 bits per heavy atom. The number of ether oxygens (including phenoxy) is 3. The first-order valence-electron chi connectivity index (χ1n) is 9.86. The van der Waals surface area contributed by atoms with Crippen molar-refractivity contribution in [3.63, 3.8) is 0 Å². The summed E-state index contributed by atoms with van der Waals surface area (Å²) in [6.07, 6.45) is 3.95. The number of carbonyl (C=O) groups is 1. The molecule has 8 nitrogen and oxygen atoms in total. The summed E-state index contributed by atoms with van der Waals surface area (Å²) in [6.45, 7) is 1.01. The summed E-state index contributed by atoms with van der Waals surface area (Å²) in [5.41, 5.74) is 0.495. The standard InChI is InChI=1S/C21H34N4O4/c1-22-20(24-14-21(9-7-8-10-21)19(26)25(2)3)23-13-16-17(28-5)11-15(27-4)12-18(16)29-6/h11-12H,7-10,13-14H2,1-6H3,(H2,22,23,24). The Morgan fingerprint density at radius 1 is 1.07 bits per heavy atom. The third-order valence-electron chi connectivity index (χ3n) is 5.49. The smallest absolute Gasteiger partial charge is 0.230 e. The van der Waals surface area contributed by atoms with Gasteiger partial charge in [-0.25, -0.2) is 0 Å². The highest BCUT2D eigenvalue weighted by Gasteiger charge is 2.42. The minimum atomic E-state index is -0.364. The molecule has 0 aromatic heterocycles. The predicted molar refractivity (Wildman–Crippen MR) is 114 cm³/mol. The third-order valence-corrected chi connectivity index (χ3v) is 5.49.